The van der Waals surface area contributed by atoms with Crippen LogP contribution in [0.15, 0.2) is 65.3 Å². The van der Waals surface area contributed by atoms with E-state index >= 15 is 0 Å². The normalized spacial score (nSPS) is 13.0. The predicted octanol–water partition coefficient (Wildman–Crippen LogP) is 3.47. The summed E-state index contributed by atoms with van der Waals surface area (Å²) >= 11 is 0. The van der Waals surface area contributed by atoms with Gasteiger partial charge in [-0.15, -0.1) is 0 Å². The number of benzene rings is 2. The standard InChI is InChI=1S/C24H22N2O7/c1-31-20(23(28)29)12-25-22(27)21-19(10-11-32-21)26-24(30)33-13-18-16-8-4-2-6-14(16)15-7-3-5-9-17(15)18/h2-11,18,20H,12-13H2,1H3,(H,25,27)(H,26,30)(H,28,29). The monoisotopic (exact) mass is 450 g/mol. The maximum Gasteiger partial charge on any atom is 0.411 e. The van der Waals surface area contributed by atoms with Crippen LogP contribution >= 0.6 is 0 Å². The smallest absolute Gasteiger partial charge is 0.411 e. The number of methoxy groups -OCH3 is 1. The fourth-order valence-electron chi connectivity index (χ4n) is 3.87. The average Bonchev–Trinajstić information content (AvgIpc) is 3.40. The maximum absolute atomic E-state index is 12.5. The summed E-state index contributed by atoms with van der Waals surface area (Å²) in [4.78, 5) is 35.8. The largest absolute Gasteiger partial charge is 0.479 e. The molecule has 0 saturated carbocycles. The highest BCUT2D eigenvalue weighted by Gasteiger charge is 2.29. The van der Waals surface area contributed by atoms with Crippen molar-refractivity contribution in [3.05, 3.63) is 77.7 Å². The minimum absolute atomic E-state index is 0.0998. The Bertz CT molecular complexity index is 1140. The molecule has 1 aromatic heterocycles. The number of carboxylic acids is 1. The summed E-state index contributed by atoms with van der Waals surface area (Å²) in [5.41, 5.74) is 4.51. The Morgan fingerprint density at radius 3 is 2.27 bits per heavy atom. The Kier molecular flexibility index (Phi) is 6.41. The molecule has 0 bridgehead atoms. The zero-order valence-corrected chi connectivity index (χ0v) is 17.7. The van der Waals surface area contributed by atoms with Gasteiger partial charge in [0, 0.05) is 19.1 Å². The van der Waals surface area contributed by atoms with Crippen LogP contribution in [0.4, 0.5) is 10.5 Å². The summed E-state index contributed by atoms with van der Waals surface area (Å²) in [6, 6.07) is 17.4. The zero-order chi connectivity index (χ0) is 23.4. The Labute approximate surface area is 189 Å². The van der Waals surface area contributed by atoms with Crippen LogP contribution in [0.1, 0.15) is 27.6 Å². The fourth-order valence-corrected chi connectivity index (χ4v) is 3.87. The lowest BCUT2D eigenvalue weighted by atomic mass is 9.98. The number of rotatable bonds is 8. The SMILES string of the molecule is COC(CNC(=O)c1occc1NC(=O)OCC1c2ccccc2-c2ccccc21)C(=O)O. The highest BCUT2D eigenvalue weighted by Crippen LogP contribution is 2.44. The Balaban J connectivity index is 1.39. The second-order valence-corrected chi connectivity index (χ2v) is 7.39. The third kappa shape index (κ3) is 4.58. The Hall–Kier alpha value is -4.11. The van der Waals surface area contributed by atoms with Crippen LogP contribution in [0.5, 0.6) is 0 Å². The van der Waals surface area contributed by atoms with E-state index in [-0.39, 0.29) is 30.5 Å². The van der Waals surface area contributed by atoms with Crippen molar-refractivity contribution in [3.8, 4) is 11.1 Å². The molecule has 0 spiro atoms. The Morgan fingerprint density at radius 2 is 1.67 bits per heavy atom. The number of furan rings is 1. The molecule has 33 heavy (non-hydrogen) atoms. The van der Waals surface area contributed by atoms with Crippen LogP contribution < -0.4 is 10.6 Å². The highest BCUT2D eigenvalue weighted by molar-refractivity contribution is 6.00. The quantitative estimate of drug-likeness (QED) is 0.480. The van der Waals surface area contributed by atoms with E-state index in [0.717, 1.165) is 22.3 Å². The van der Waals surface area contributed by atoms with Crippen molar-refractivity contribution in [2.24, 2.45) is 0 Å². The predicted molar refractivity (Wildman–Crippen MR) is 118 cm³/mol. The molecule has 9 heteroatoms. The van der Waals surface area contributed by atoms with Gasteiger partial charge in [-0.05, 0) is 22.3 Å². The molecule has 9 nitrogen and oxygen atoms in total. The van der Waals surface area contributed by atoms with Crippen molar-refractivity contribution in [2.45, 2.75) is 12.0 Å². The number of fused-ring (bicyclic) bond motifs is 3. The van der Waals surface area contributed by atoms with E-state index in [0.29, 0.717) is 0 Å². The van der Waals surface area contributed by atoms with E-state index in [1.807, 2.05) is 48.5 Å². The van der Waals surface area contributed by atoms with Crippen LogP contribution in [0.3, 0.4) is 0 Å². The molecule has 1 aliphatic carbocycles. The molecule has 0 aliphatic heterocycles. The number of amides is 2. The van der Waals surface area contributed by atoms with E-state index in [9.17, 15) is 14.4 Å². The molecule has 170 valence electrons. The maximum atomic E-state index is 12.5. The first-order valence-electron chi connectivity index (χ1n) is 10.2. The first-order valence-corrected chi connectivity index (χ1v) is 10.2. The molecule has 4 rings (SSSR count). The van der Waals surface area contributed by atoms with E-state index in [1.54, 1.807) is 0 Å². The molecule has 0 saturated heterocycles. The summed E-state index contributed by atoms with van der Waals surface area (Å²) in [7, 11) is 1.22. The van der Waals surface area contributed by atoms with Gasteiger partial charge in [0.2, 0.25) is 5.76 Å². The van der Waals surface area contributed by atoms with Crippen molar-refractivity contribution in [3.63, 3.8) is 0 Å². The van der Waals surface area contributed by atoms with Gasteiger partial charge in [-0.2, -0.15) is 0 Å². The first kappa shape index (κ1) is 22.1. The molecule has 3 aromatic rings. The van der Waals surface area contributed by atoms with Crippen molar-refractivity contribution in [1.29, 1.82) is 0 Å². The second-order valence-electron chi connectivity index (χ2n) is 7.39. The van der Waals surface area contributed by atoms with E-state index in [4.69, 9.17) is 19.0 Å². The Morgan fingerprint density at radius 1 is 1.03 bits per heavy atom. The van der Waals surface area contributed by atoms with Crippen molar-refractivity contribution in [1.82, 2.24) is 5.32 Å². The number of carbonyl (C=O) groups excluding carboxylic acids is 2. The van der Waals surface area contributed by atoms with Gasteiger partial charge in [0.1, 0.15) is 6.61 Å². The lowest BCUT2D eigenvalue weighted by molar-refractivity contribution is -0.148. The van der Waals surface area contributed by atoms with Gasteiger partial charge in [0.05, 0.1) is 18.5 Å². The summed E-state index contributed by atoms with van der Waals surface area (Å²) < 4.78 is 15.4. The first-order chi connectivity index (χ1) is 16.0. The molecule has 2 amide bonds. The molecule has 3 N–H and O–H groups in total. The number of ether oxygens (including phenoxy) is 2. The number of aliphatic carboxylic acids is 1. The highest BCUT2D eigenvalue weighted by atomic mass is 16.5. The molecule has 1 aliphatic rings. The van der Waals surface area contributed by atoms with Crippen molar-refractivity contribution in [2.75, 3.05) is 25.6 Å². The number of nitrogens with one attached hydrogen (secondary N) is 2. The number of carbonyl (C=O) groups is 3. The topological polar surface area (TPSA) is 127 Å². The van der Waals surface area contributed by atoms with Crippen LogP contribution in [0.25, 0.3) is 11.1 Å². The van der Waals surface area contributed by atoms with Gasteiger partial charge >= 0.3 is 12.1 Å². The van der Waals surface area contributed by atoms with Crippen LogP contribution in [0.2, 0.25) is 0 Å². The zero-order valence-electron chi connectivity index (χ0n) is 17.7. The van der Waals surface area contributed by atoms with Crippen molar-refractivity contribution >= 4 is 23.7 Å². The average molecular weight is 450 g/mol. The van der Waals surface area contributed by atoms with Crippen LogP contribution in [-0.2, 0) is 14.3 Å². The van der Waals surface area contributed by atoms with Gasteiger partial charge in [-0.25, -0.2) is 9.59 Å². The summed E-state index contributed by atoms with van der Waals surface area (Å²) in [5, 5.41) is 13.9. The van der Waals surface area contributed by atoms with Gasteiger partial charge in [-0.1, -0.05) is 48.5 Å². The summed E-state index contributed by atoms with van der Waals surface area (Å²) in [6.07, 6.45) is -0.714. The lowest BCUT2D eigenvalue weighted by Gasteiger charge is -2.14. The van der Waals surface area contributed by atoms with Gasteiger partial charge in [-0.3, -0.25) is 10.1 Å². The van der Waals surface area contributed by atoms with Crippen molar-refractivity contribution < 1.29 is 33.4 Å². The third-order valence-corrected chi connectivity index (χ3v) is 5.46. The van der Waals surface area contributed by atoms with Gasteiger partial charge in [0.15, 0.2) is 6.10 Å². The molecule has 1 unspecified atom stereocenters. The van der Waals surface area contributed by atoms with Crippen LogP contribution in [-0.4, -0.2) is 49.4 Å². The summed E-state index contributed by atoms with van der Waals surface area (Å²) in [6.45, 7) is -0.150. The van der Waals surface area contributed by atoms with Gasteiger partial charge < -0.3 is 24.3 Å². The number of anilines is 1. The summed E-state index contributed by atoms with van der Waals surface area (Å²) in [5.74, 6) is -2.19. The molecule has 0 fully saturated rings. The van der Waals surface area contributed by atoms with E-state index in [2.05, 4.69) is 10.6 Å². The van der Waals surface area contributed by atoms with Crippen LogP contribution in [0, 0.1) is 0 Å². The molecule has 0 radical (unpaired) electrons. The minimum atomic E-state index is -1.21. The molecule has 2 aromatic carbocycles. The minimum Gasteiger partial charge on any atom is -0.479 e. The molecular weight excluding hydrogens is 428 g/mol. The van der Waals surface area contributed by atoms with E-state index < -0.39 is 24.1 Å². The number of carboxylic acid groups (broad SMARTS) is 1. The van der Waals surface area contributed by atoms with E-state index in [1.165, 1.54) is 19.4 Å². The lowest BCUT2D eigenvalue weighted by Crippen LogP contribution is -2.38. The fraction of sp³-hybridized carbons (Fsp3) is 0.208. The number of hydrogen-bond donors (Lipinski definition) is 3. The molecule has 1 heterocycles. The third-order valence-electron chi connectivity index (χ3n) is 5.46. The number of hydrogen-bond acceptors (Lipinski definition) is 6. The molecular formula is C24H22N2O7. The second kappa shape index (κ2) is 9.58. The molecule has 1 atom stereocenters. The van der Waals surface area contributed by atoms with Gasteiger partial charge in [0.25, 0.3) is 5.91 Å².